The molecule has 0 radical (unpaired) electrons. The molecule has 0 aliphatic carbocycles. The van der Waals surface area contributed by atoms with E-state index in [0.29, 0.717) is 5.89 Å². The highest BCUT2D eigenvalue weighted by molar-refractivity contribution is 7.99. The Labute approximate surface area is 116 Å². The van der Waals surface area contributed by atoms with Gasteiger partial charge in [-0.1, -0.05) is 30.8 Å². The van der Waals surface area contributed by atoms with Crippen molar-refractivity contribution in [1.29, 1.82) is 0 Å². The van der Waals surface area contributed by atoms with Crippen molar-refractivity contribution in [1.82, 2.24) is 30.3 Å². The van der Waals surface area contributed by atoms with E-state index >= 15 is 0 Å². The highest BCUT2D eigenvalue weighted by Gasteiger charge is 2.20. The summed E-state index contributed by atoms with van der Waals surface area (Å²) in [6.07, 6.45) is 0. The number of aromatic nitrogens is 6. The van der Waals surface area contributed by atoms with Gasteiger partial charge in [0.25, 0.3) is 0 Å². The van der Waals surface area contributed by atoms with Crippen molar-refractivity contribution in [3.05, 3.63) is 11.7 Å². The van der Waals surface area contributed by atoms with E-state index < -0.39 is 0 Å². The van der Waals surface area contributed by atoms with Gasteiger partial charge in [0, 0.05) is 5.92 Å². The van der Waals surface area contributed by atoms with Gasteiger partial charge in [-0.25, -0.2) is 4.68 Å². The number of rotatable bonds is 5. The molecule has 8 heteroatoms. The third-order valence-electron chi connectivity index (χ3n) is 2.56. The molecule has 0 fully saturated rings. The van der Waals surface area contributed by atoms with Gasteiger partial charge in [-0.2, -0.15) is 4.98 Å². The summed E-state index contributed by atoms with van der Waals surface area (Å²) in [7, 11) is 0. The second-order valence-corrected chi connectivity index (χ2v) is 6.21. The molecule has 0 saturated carbocycles. The number of hydrogen-bond acceptors (Lipinski definition) is 7. The Morgan fingerprint density at radius 1 is 1.16 bits per heavy atom. The summed E-state index contributed by atoms with van der Waals surface area (Å²) in [5.74, 6) is 1.59. The smallest absolute Gasteiger partial charge is 0.239 e. The largest absolute Gasteiger partial charge is 0.338 e. The maximum absolute atomic E-state index is 5.28. The Kier molecular flexibility index (Phi) is 4.18. The van der Waals surface area contributed by atoms with E-state index in [2.05, 4.69) is 25.7 Å². The summed E-state index contributed by atoms with van der Waals surface area (Å²) in [5.41, 5.74) is 0. The van der Waals surface area contributed by atoms with Crippen molar-refractivity contribution in [2.45, 2.75) is 57.0 Å². The van der Waals surface area contributed by atoms with Gasteiger partial charge in [-0.15, -0.1) is 5.10 Å². The van der Waals surface area contributed by atoms with Gasteiger partial charge in [0.1, 0.15) is 0 Å². The fourth-order valence-corrected chi connectivity index (χ4v) is 2.39. The fraction of sp³-hybridized carbons (Fsp3) is 0.727. The van der Waals surface area contributed by atoms with Crippen LogP contribution >= 0.6 is 11.8 Å². The predicted molar refractivity (Wildman–Crippen MR) is 70.9 cm³/mol. The van der Waals surface area contributed by atoms with Crippen LogP contribution in [0.25, 0.3) is 0 Å². The van der Waals surface area contributed by atoms with Gasteiger partial charge in [-0.3, -0.25) is 0 Å². The van der Waals surface area contributed by atoms with E-state index in [1.165, 1.54) is 11.8 Å². The third-order valence-corrected chi connectivity index (χ3v) is 3.59. The SMILES string of the molecule is CC(C)c1noc(C(C)Sc2nnnn2C(C)C)n1. The van der Waals surface area contributed by atoms with Crippen LogP contribution in [0, 0.1) is 0 Å². The average molecular weight is 282 g/mol. The van der Waals surface area contributed by atoms with Crippen molar-refractivity contribution >= 4 is 11.8 Å². The van der Waals surface area contributed by atoms with Crippen molar-refractivity contribution in [3.63, 3.8) is 0 Å². The van der Waals surface area contributed by atoms with Crippen molar-refractivity contribution in [3.8, 4) is 0 Å². The van der Waals surface area contributed by atoms with E-state index in [9.17, 15) is 0 Å². The summed E-state index contributed by atoms with van der Waals surface area (Å²) >= 11 is 1.51. The number of tetrazole rings is 1. The minimum Gasteiger partial charge on any atom is -0.338 e. The lowest BCUT2D eigenvalue weighted by atomic mass is 10.2. The molecule has 0 spiro atoms. The van der Waals surface area contributed by atoms with Crippen LogP contribution in [0.4, 0.5) is 0 Å². The minimum absolute atomic E-state index is 0.0171. The summed E-state index contributed by atoms with van der Waals surface area (Å²) in [6, 6.07) is 0.221. The highest BCUT2D eigenvalue weighted by Crippen LogP contribution is 2.33. The molecule has 1 unspecified atom stereocenters. The van der Waals surface area contributed by atoms with Gasteiger partial charge < -0.3 is 4.52 Å². The summed E-state index contributed by atoms with van der Waals surface area (Å²) in [6.45, 7) is 10.1. The van der Waals surface area contributed by atoms with Gasteiger partial charge in [-0.05, 0) is 31.2 Å². The normalized spacial score (nSPS) is 13.4. The first-order valence-electron chi connectivity index (χ1n) is 6.27. The lowest BCUT2D eigenvalue weighted by Gasteiger charge is -2.09. The van der Waals surface area contributed by atoms with Gasteiger partial charge in [0.2, 0.25) is 11.0 Å². The summed E-state index contributed by atoms with van der Waals surface area (Å²) < 4.78 is 7.06. The summed E-state index contributed by atoms with van der Waals surface area (Å²) in [4.78, 5) is 4.39. The Morgan fingerprint density at radius 2 is 1.89 bits per heavy atom. The molecule has 19 heavy (non-hydrogen) atoms. The predicted octanol–water partition coefficient (Wildman–Crippen LogP) is 2.61. The molecule has 2 rings (SSSR count). The number of nitrogens with zero attached hydrogens (tertiary/aromatic N) is 6. The summed E-state index contributed by atoms with van der Waals surface area (Å²) in [5, 5.41) is 16.4. The second kappa shape index (κ2) is 5.68. The maximum Gasteiger partial charge on any atom is 0.239 e. The van der Waals surface area contributed by atoms with Crippen LogP contribution < -0.4 is 0 Å². The molecule has 1 atom stereocenters. The molecule has 0 aliphatic heterocycles. The zero-order valence-electron chi connectivity index (χ0n) is 11.7. The topological polar surface area (TPSA) is 82.5 Å². The molecule has 7 nitrogen and oxygen atoms in total. The highest BCUT2D eigenvalue weighted by atomic mass is 32.2. The lowest BCUT2D eigenvalue weighted by Crippen LogP contribution is -2.05. The first kappa shape index (κ1) is 14.0. The molecule has 0 aliphatic rings. The van der Waals surface area contributed by atoms with E-state index in [-0.39, 0.29) is 17.2 Å². The van der Waals surface area contributed by atoms with Crippen LogP contribution in [0.3, 0.4) is 0 Å². The average Bonchev–Trinajstić information content (AvgIpc) is 2.96. The molecule has 2 aromatic heterocycles. The monoisotopic (exact) mass is 282 g/mol. The van der Waals surface area contributed by atoms with E-state index in [0.717, 1.165) is 11.0 Å². The van der Waals surface area contributed by atoms with Crippen LogP contribution in [-0.4, -0.2) is 30.3 Å². The van der Waals surface area contributed by atoms with Crippen molar-refractivity contribution < 1.29 is 4.52 Å². The van der Waals surface area contributed by atoms with Crippen molar-refractivity contribution in [2.24, 2.45) is 0 Å². The molecule has 0 amide bonds. The fourth-order valence-electron chi connectivity index (χ4n) is 1.44. The van der Waals surface area contributed by atoms with E-state index in [4.69, 9.17) is 4.52 Å². The quantitative estimate of drug-likeness (QED) is 0.779. The molecule has 0 saturated heterocycles. The van der Waals surface area contributed by atoms with Crippen LogP contribution in [-0.2, 0) is 0 Å². The zero-order valence-corrected chi connectivity index (χ0v) is 12.5. The molecular formula is C11H18N6OS. The third kappa shape index (κ3) is 3.12. The van der Waals surface area contributed by atoms with E-state index in [1.54, 1.807) is 4.68 Å². The van der Waals surface area contributed by atoms with Crippen LogP contribution in [0.2, 0.25) is 0 Å². The second-order valence-electron chi connectivity index (χ2n) is 4.91. The molecule has 0 aromatic carbocycles. The van der Waals surface area contributed by atoms with Gasteiger partial charge in [0.05, 0.1) is 11.3 Å². The number of hydrogen-bond donors (Lipinski definition) is 0. The first-order valence-corrected chi connectivity index (χ1v) is 7.15. The number of thioether (sulfide) groups is 1. The molecule has 0 bridgehead atoms. The van der Waals surface area contributed by atoms with Crippen molar-refractivity contribution in [2.75, 3.05) is 0 Å². The Hall–Kier alpha value is -1.44. The zero-order chi connectivity index (χ0) is 14.0. The Morgan fingerprint density at radius 3 is 2.47 bits per heavy atom. The molecule has 2 heterocycles. The van der Waals surface area contributed by atoms with Crippen LogP contribution in [0.5, 0.6) is 0 Å². The first-order chi connectivity index (χ1) is 8.99. The van der Waals surface area contributed by atoms with Gasteiger partial charge in [0.15, 0.2) is 5.82 Å². The van der Waals surface area contributed by atoms with E-state index in [1.807, 2.05) is 34.6 Å². The maximum atomic E-state index is 5.28. The molecular weight excluding hydrogens is 264 g/mol. The molecule has 0 N–H and O–H groups in total. The molecule has 104 valence electrons. The van der Waals surface area contributed by atoms with Crippen LogP contribution in [0.15, 0.2) is 9.68 Å². The molecule has 2 aromatic rings. The Balaban J connectivity index is 2.11. The minimum atomic E-state index is 0.0171. The van der Waals surface area contributed by atoms with Gasteiger partial charge >= 0.3 is 0 Å². The Bertz CT molecular complexity index is 535. The van der Waals surface area contributed by atoms with Crippen LogP contribution in [0.1, 0.15) is 63.5 Å². The standard InChI is InChI=1S/C11H18N6OS/c1-6(2)9-12-10(18-14-9)8(5)19-11-13-15-16-17(11)7(3)4/h6-8H,1-5H3. The lowest BCUT2D eigenvalue weighted by molar-refractivity contribution is 0.372.